The van der Waals surface area contributed by atoms with E-state index in [9.17, 15) is 0 Å². The SMILES string of the molecule is Cc1ccc(/C=N\n2c(COc3ccc(Cl)cc3)n[nH]c2=S)o1. The maximum Gasteiger partial charge on any atom is 0.216 e. The van der Waals surface area contributed by atoms with Crippen LogP contribution in [0.5, 0.6) is 5.75 Å². The van der Waals surface area contributed by atoms with E-state index in [-0.39, 0.29) is 6.61 Å². The lowest BCUT2D eigenvalue weighted by molar-refractivity contribution is 0.290. The number of hydrogen-bond acceptors (Lipinski definition) is 5. The molecule has 23 heavy (non-hydrogen) atoms. The van der Waals surface area contributed by atoms with Gasteiger partial charge in [0.15, 0.2) is 5.82 Å². The molecule has 0 spiro atoms. The highest BCUT2D eigenvalue weighted by Gasteiger charge is 2.06. The second kappa shape index (κ2) is 6.80. The van der Waals surface area contributed by atoms with Gasteiger partial charge >= 0.3 is 0 Å². The molecule has 0 aliphatic rings. The van der Waals surface area contributed by atoms with Gasteiger partial charge in [0, 0.05) is 5.02 Å². The summed E-state index contributed by atoms with van der Waals surface area (Å²) in [6, 6.07) is 10.8. The molecule has 0 aliphatic heterocycles. The van der Waals surface area contributed by atoms with Crippen LogP contribution in [0, 0.1) is 11.7 Å². The molecule has 0 saturated carbocycles. The van der Waals surface area contributed by atoms with Crippen molar-refractivity contribution < 1.29 is 9.15 Å². The van der Waals surface area contributed by atoms with E-state index in [0.717, 1.165) is 5.76 Å². The molecule has 0 bridgehead atoms. The Hall–Kier alpha value is -2.38. The standard InChI is InChI=1S/C15H13ClN4O2S/c1-10-2-5-13(22-10)8-17-20-14(18-19-15(20)23)9-21-12-6-3-11(16)4-7-12/h2-8H,9H2,1H3,(H,19,23)/b17-8-. The molecule has 0 fully saturated rings. The zero-order chi connectivity index (χ0) is 16.2. The highest BCUT2D eigenvalue weighted by molar-refractivity contribution is 7.71. The molecule has 2 aromatic heterocycles. The van der Waals surface area contributed by atoms with Crippen molar-refractivity contribution in [1.29, 1.82) is 0 Å². The third kappa shape index (κ3) is 3.88. The van der Waals surface area contributed by atoms with Crippen LogP contribution in [0.3, 0.4) is 0 Å². The first-order chi connectivity index (χ1) is 11.1. The largest absolute Gasteiger partial charge is 0.486 e. The first-order valence-electron chi connectivity index (χ1n) is 6.77. The maximum absolute atomic E-state index is 5.84. The smallest absolute Gasteiger partial charge is 0.216 e. The highest BCUT2D eigenvalue weighted by Crippen LogP contribution is 2.16. The summed E-state index contributed by atoms with van der Waals surface area (Å²) in [5.41, 5.74) is 0. The number of aryl methyl sites for hydroxylation is 1. The predicted molar refractivity (Wildman–Crippen MR) is 89.6 cm³/mol. The van der Waals surface area contributed by atoms with Gasteiger partial charge in [-0.25, -0.2) is 5.10 Å². The Labute approximate surface area is 142 Å². The van der Waals surface area contributed by atoms with Crippen LogP contribution in [0.2, 0.25) is 5.02 Å². The van der Waals surface area contributed by atoms with E-state index >= 15 is 0 Å². The lowest BCUT2D eigenvalue weighted by atomic mass is 10.3. The fraction of sp³-hybridized carbons (Fsp3) is 0.133. The summed E-state index contributed by atoms with van der Waals surface area (Å²) in [5, 5.41) is 11.7. The molecule has 0 aliphatic carbocycles. The molecule has 0 radical (unpaired) electrons. The van der Waals surface area contributed by atoms with E-state index < -0.39 is 0 Å². The molecule has 0 unspecified atom stereocenters. The van der Waals surface area contributed by atoms with Crippen molar-refractivity contribution in [2.24, 2.45) is 5.10 Å². The van der Waals surface area contributed by atoms with Crippen molar-refractivity contribution in [3.8, 4) is 5.75 Å². The first-order valence-corrected chi connectivity index (χ1v) is 7.56. The van der Waals surface area contributed by atoms with Crippen LogP contribution >= 0.6 is 23.8 Å². The molecule has 6 nitrogen and oxygen atoms in total. The van der Waals surface area contributed by atoms with Gasteiger partial charge in [-0.15, -0.1) is 0 Å². The minimum absolute atomic E-state index is 0.212. The van der Waals surface area contributed by atoms with Gasteiger partial charge in [0.2, 0.25) is 4.77 Å². The molecule has 118 valence electrons. The number of rotatable bonds is 5. The van der Waals surface area contributed by atoms with Crippen molar-refractivity contribution in [1.82, 2.24) is 14.9 Å². The molecule has 1 N–H and O–H groups in total. The fourth-order valence-corrected chi connectivity index (χ4v) is 2.18. The Balaban J connectivity index is 1.74. The van der Waals surface area contributed by atoms with Crippen LogP contribution in [0.1, 0.15) is 17.3 Å². The van der Waals surface area contributed by atoms with Crippen molar-refractivity contribution in [2.45, 2.75) is 13.5 Å². The van der Waals surface area contributed by atoms with Crippen LogP contribution in [0.25, 0.3) is 0 Å². The highest BCUT2D eigenvalue weighted by atomic mass is 35.5. The third-order valence-corrected chi connectivity index (χ3v) is 3.48. The number of halogens is 1. The predicted octanol–water partition coefficient (Wildman–Crippen LogP) is 3.96. The summed E-state index contributed by atoms with van der Waals surface area (Å²) in [6.07, 6.45) is 1.57. The molecule has 0 amide bonds. The van der Waals surface area contributed by atoms with Gasteiger partial charge in [0.25, 0.3) is 0 Å². The lowest BCUT2D eigenvalue weighted by Gasteiger charge is -2.05. The zero-order valence-corrected chi connectivity index (χ0v) is 13.8. The maximum atomic E-state index is 5.84. The number of ether oxygens (including phenoxy) is 1. The van der Waals surface area contributed by atoms with Crippen molar-refractivity contribution in [3.05, 3.63) is 63.5 Å². The van der Waals surface area contributed by atoms with Gasteiger partial charge in [-0.2, -0.15) is 14.9 Å². The van der Waals surface area contributed by atoms with Crippen LogP contribution in [0.4, 0.5) is 0 Å². The van der Waals surface area contributed by atoms with Gasteiger partial charge in [-0.05, 0) is 55.5 Å². The van der Waals surface area contributed by atoms with Crippen LogP contribution in [0.15, 0.2) is 45.9 Å². The number of benzene rings is 1. The summed E-state index contributed by atoms with van der Waals surface area (Å²) < 4.78 is 12.9. The minimum Gasteiger partial charge on any atom is -0.486 e. The lowest BCUT2D eigenvalue weighted by Crippen LogP contribution is -2.04. The van der Waals surface area contributed by atoms with Crippen molar-refractivity contribution >= 4 is 30.0 Å². The van der Waals surface area contributed by atoms with Crippen LogP contribution in [-0.2, 0) is 6.61 Å². The van der Waals surface area contributed by atoms with E-state index in [1.54, 1.807) is 30.5 Å². The molecule has 1 aromatic carbocycles. The molecule has 0 atom stereocenters. The summed E-state index contributed by atoms with van der Waals surface area (Å²) in [6.45, 7) is 2.08. The Morgan fingerprint density at radius 3 is 2.83 bits per heavy atom. The third-order valence-electron chi connectivity index (χ3n) is 2.96. The zero-order valence-electron chi connectivity index (χ0n) is 12.2. The van der Waals surface area contributed by atoms with Crippen molar-refractivity contribution in [3.63, 3.8) is 0 Å². The average Bonchev–Trinajstić information content (AvgIpc) is 3.11. The number of aromatic nitrogens is 3. The van der Waals surface area contributed by atoms with Gasteiger partial charge in [0.1, 0.15) is 23.9 Å². The topological polar surface area (TPSA) is 68.3 Å². The van der Waals surface area contributed by atoms with Crippen LogP contribution in [-0.4, -0.2) is 21.1 Å². The number of aromatic amines is 1. The molecule has 3 rings (SSSR count). The van der Waals surface area contributed by atoms with Crippen LogP contribution < -0.4 is 4.74 Å². The monoisotopic (exact) mass is 348 g/mol. The summed E-state index contributed by atoms with van der Waals surface area (Å²) >= 11 is 11.0. The summed E-state index contributed by atoms with van der Waals surface area (Å²) in [4.78, 5) is 0. The number of furan rings is 1. The fourth-order valence-electron chi connectivity index (χ4n) is 1.85. The van der Waals surface area contributed by atoms with Crippen molar-refractivity contribution in [2.75, 3.05) is 0 Å². The first kappa shape index (κ1) is 15.5. The van der Waals surface area contributed by atoms with Gasteiger partial charge in [-0.3, -0.25) is 0 Å². The molecule has 0 saturated heterocycles. The Morgan fingerprint density at radius 1 is 1.35 bits per heavy atom. The number of nitrogens with zero attached hydrogens (tertiary/aromatic N) is 3. The second-order valence-corrected chi connectivity index (χ2v) is 5.52. The van der Waals surface area contributed by atoms with Gasteiger partial charge in [-0.1, -0.05) is 11.6 Å². The van der Waals surface area contributed by atoms with E-state index in [2.05, 4.69) is 15.3 Å². The summed E-state index contributed by atoms with van der Waals surface area (Å²) in [7, 11) is 0. The van der Waals surface area contributed by atoms with E-state index in [1.165, 1.54) is 4.68 Å². The molecular formula is C15H13ClN4O2S. The average molecular weight is 349 g/mol. The Kier molecular flexibility index (Phi) is 4.59. The molecule has 3 aromatic rings. The van der Waals surface area contributed by atoms with Gasteiger partial charge in [0.05, 0.1) is 6.21 Å². The number of H-pyrrole nitrogens is 1. The second-order valence-electron chi connectivity index (χ2n) is 4.69. The molecule has 2 heterocycles. The minimum atomic E-state index is 0.212. The molecule has 8 heteroatoms. The van der Waals surface area contributed by atoms with Gasteiger partial charge < -0.3 is 9.15 Å². The number of hydrogen-bond donors (Lipinski definition) is 1. The number of nitrogens with one attached hydrogen (secondary N) is 1. The Morgan fingerprint density at radius 2 is 2.13 bits per heavy atom. The molecular weight excluding hydrogens is 336 g/mol. The normalized spacial score (nSPS) is 11.2. The van der Waals surface area contributed by atoms with E-state index in [4.69, 9.17) is 33.0 Å². The van der Waals surface area contributed by atoms with E-state index in [0.29, 0.717) is 27.1 Å². The van der Waals surface area contributed by atoms with E-state index in [1.807, 2.05) is 19.1 Å². The Bertz CT molecular complexity index is 880. The quantitative estimate of drug-likeness (QED) is 0.559. The summed E-state index contributed by atoms with van der Waals surface area (Å²) in [5.74, 6) is 2.67.